The second kappa shape index (κ2) is 3.67. The van der Waals surface area contributed by atoms with Crippen molar-refractivity contribution in [3.63, 3.8) is 0 Å². The van der Waals surface area contributed by atoms with E-state index in [0.717, 1.165) is 32.9 Å². The van der Waals surface area contributed by atoms with Gasteiger partial charge in [-0.2, -0.15) is 0 Å². The molecule has 17 heavy (non-hydrogen) atoms. The summed E-state index contributed by atoms with van der Waals surface area (Å²) in [6.07, 6.45) is 2.43. The highest BCUT2D eigenvalue weighted by Gasteiger charge is 2.08. The van der Waals surface area contributed by atoms with Crippen molar-refractivity contribution >= 4 is 38.8 Å². The van der Waals surface area contributed by atoms with E-state index in [1.54, 1.807) is 6.20 Å². The molecule has 0 N–H and O–H groups in total. The van der Waals surface area contributed by atoms with Crippen LogP contribution in [0.1, 0.15) is 16.1 Å². The summed E-state index contributed by atoms with van der Waals surface area (Å²) in [6, 6.07) is 8.04. The van der Waals surface area contributed by atoms with Gasteiger partial charge in [0, 0.05) is 9.86 Å². The molecular formula is C13H9BrN2O. The number of carbonyl (C=O) groups is 1. The molecule has 2 heterocycles. The van der Waals surface area contributed by atoms with Gasteiger partial charge in [-0.05, 0) is 30.7 Å². The van der Waals surface area contributed by atoms with E-state index in [2.05, 4.69) is 20.9 Å². The van der Waals surface area contributed by atoms with Crippen LogP contribution in [0.2, 0.25) is 0 Å². The number of hydrogen-bond donors (Lipinski definition) is 0. The third-order valence-electron chi connectivity index (χ3n) is 2.91. The highest BCUT2D eigenvalue weighted by atomic mass is 79.9. The van der Waals surface area contributed by atoms with Gasteiger partial charge < -0.3 is 0 Å². The molecular weight excluding hydrogens is 280 g/mol. The minimum Gasteiger partial charge on any atom is -0.296 e. The SMILES string of the molecule is Cc1cc2ncc(C=O)n2c2cc(Br)ccc12. The van der Waals surface area contributed by atoms with Crippen LogP contribution >= 0.6 is 15.9 Å². The van der Waals surface area contributed by atoms with Gasteiger partial charge in [-0.1, -0.05) is 22.0 Å². The molecule has 0 bridgehead atoms. The van der Waals surface area contributed by atoms with E-state index in [1.807, 2.05) is 35.6 Å². The van der Waals surface area contributed by atoms with Gasteiger partial charge in [0.2, 0.25) is 0 Å². The number of aromatic nitrogens is 2. The van der Waals surface area contributed by atoms with E-state index in [4.69, 9.17) is 0 Å². The quantitative estimate of drug-likeness (QED) is 0.644. The number of carbonyl (C=O) groups excluding carboxylic acids is 1. The molecule has 3 nitrogen and oxygen atoms in total. The maximum atomic E-state index is 11.0. The van der Waals surface area contributed by atoms with Crippen molar-refractivity contribution in [2.24, 2.45) is 0 Å². The zero-order chi connectivity index (χ0) is 12.0. The number of fused-ring (bicyclic) bond motifs is 3. The number of imidazole rings is 1. The lowest BCUT2D eigenvalue weighted by atomic mass is 10.1. The van der Waals surface area contributed by atoms with Crippen molar-refractivity contribution in [2.45, 2.75) is 6.92 Å². The number of halogens is 1. The Morgan fingerprint density at radius 3 is 2.94 bits per heavy atom. The molecule has 0 aliphatic heterocycles. The Kier molecular flexibility index (Phi) is 2.26. The molecule has 4 heteroatoms. The zero-order valence-electron chi connectivity index (χ0n) is 9.14. The Balaban J connectivity index is 2.62. The average Bonchev–Trinajstić information content (AvgIpc) is 2.71. The van der Waals surface area contributed by atoms with Crippen LogP contribution in [0.3, 0.4) is 0 Å². The fourth-order valence-electron chi connectivity index (χ4n) is 2.12. The Morgan fingerprint density at radius 1 is 1.35 bits per heavy atom. The Hall–Kier alpha value is -1.68. The van der Waals surface area contributed by atoms with Crippen LogP contribution in [0.15, 0.2) is 34.9 Å². The molecule has 0 saturated carbocycles. The molecule has 0 saturated heterocycles. The summed E-state index contributed by atoms with van der Waals surface area (Å²) in [7, 11) is 0. The number of hydrogen-bond acceptors (Lipinski definition) is 2. The largest absolute Gasteiger partial charge is 0.296 e. The van der Waals surface area contributed by atoms with E-state index in [1.165, 1.54) is 0 Å². The van der Waals surface area contributed by atoms with Crippen molar-refractivity contribution in [3.8, 4) is 0 Å². The summed E-state index contributed by atoms with van der Waals surface area (Å²) >= 11 is 3.46. The Morgan fingerprint density at radius 2 is 2.18 bits per heavy atom. The van der Waals surface area contributed by atoms with Crippen LogP contribution < -0.4 is 0 Å². The van der Waals surface area contributed by atoms with Gasteiger partial charge in [0.1, 0.15) is 11.3 Å². The topological polar surface area (TPSA) is 34.4 Å². The third kappa shape index (κ3) is 1.48. The molecule has 0 spiro atoms. The van der Waals surface area contributed by atoms with Crippen molar-refractivity contribution in [3.05, 3.63) is 46.2 Å². The predicted molar refractivity (Wildman–Crippen MR) is 70.5 cm³/mol. The minimum absolute atomic E-state index is 0.572. The standard InChI is InChI=1S/C13H9BrN2O/c1-8-4-13-15-6-10(7-17)16(13)12-5-9(14)2-3-11(8)12/h2-7H,1H3. The van der Waals surface area contributed by atoms with Crippen LogP contribution in [-0.2, 0) is 0 Å². The highest BCUT2D eigenvalue weighted by molar-refractivity contribution is 9.10. The molecule has 0 amide bonds. The van der Waals surface area contributed by atoms with Crippen molar-refractivity contribution in [1.29, 1.82) is 0 Å². The van der Waals surface area contributed by atoms with Gasteiger partial charge in [-0.15, -0.1) is 0 Å². The summed E-state index contributed by atoms with van der Waals surface area (Å²) in [5, 5.41) is 1.13. The van der Waals surface area contributed by atoms with Crippen molar-refractivity contribution < 1.29 is 4.79 Å². The van der Waals surface area contributed by atoms with E-state index >= 15 is 0 Å². The fourth-order valence-corrected chi connectivity index (χ4v) is 2.47. The van der Waals surface area contributed by atoms with E-state index in [-0.39, 0.29) is 0 Å². The highest BCUT2D eigenvalue weighted by Crippen LogP contribution is 2.25. The number of pyridine rings is 1. The maximum Gasteiger partial charge on any atom is 0.168 e. The minimum atomic E-state index is 0.572. The average molecular weight is 289 g/mol. The van der Waals surface area contributed by atoms with Gasteiger partial charge in [-0.3, -0.25) is 9.20 Å². The molecule has 0 aliphatic carbocycles. The zero-order valence-corrected chi connectivity index (χ0v) is 10.7. The molecule has 0 unspecified atom stereocenters. The molecule has 0 aliphatic rings. The van der Waals surface area contributed by atoms with Gasteiger partial charge in [0.05, 0.1) is 11.7 Å². The van der Waals surface area contributed by atoms with Gasteiger partial charge >= 0.3 is 0 Å². The van der Waals surface area contributed by atoms with E-state index < -0.39 is 0 Å². The molecule has 0 radical (unpaired) electrons. The van der Waals surface area contributed by atoms with Crippen molar-refractivity contribution in [2.75, 3.05) is 0 Å². The van der Waals surface area contributed by atoms with Gasteiger partial charge in [0.25, 0.3) is 0 Å². The van der Waals surface area contributed by atoms with Gasteiger partial charge in [-0.25, -0.2) is 4.98 Å². The predicted octanol–water partition coefficient (Wildman–Crippen LogP) is 3.37. The van der Waals surface area contributed by atoms with Crippen LogP contribution in [0.25, 0.3) is 16.6 Å². The summed E-state index contributed by atoms with van der Waals surface area (Å²) in [6.45, 7) is 2.05. The summed E-state index contributed by atoms with van der Waals surface area (Å²) in [4.78, 5) is 15.3. The van der Waals surface area contributed by atoms with E-state index in [9.17, 15) is 4.79 Å². The number of aldehydes is 1. The Labute approximate surface area is 106 Å². The number of rotatable bonds is 1. The third-order valence-corrected chi connectivity index (χ3v) is 3.40. The second-order valence-corrected chi connectivity index (χ2v) is 4.90. The Bertz CT molecular complexity index is 746. The van der Waals surface area contributed by atoms with Crippen LogP contribution in [0, 0.1) is 6.92 Å². The first kappa shape index (κ1) is 10.5. The van der Waals surface area contributed by atoms with Crippen molar-refractivity contribution in [1.82, 2.24) is 9.38 Å². The second-order valence-electron chi connectivity index (χ2n) is 3.98. The fraction of sp³-hybridized carbons (Fsp3) is 0.0769. The number of nitrogens with zero attached hydrogens (tertiary/aromatic N) is 2. The molecule has 2 aromatic heterocycles. The lowest BCUT2D eigenvalue weighted by molar-refractivity contribution is 0.111. The molecule has 3 aromatic rings. The monoisotopic (exact) mass is 288 g/mol. The van der Waals surface area contributed by atoms with E-state index in [0.29, 0.717) is 5.69 Å². The van der Waals surface area contributed by atoms with Crippen LogP contribution in [-0.4, -0.2) is 15.7 Å². The molecule has 84 valence electrons. The molecule has 3 rings (SSSR count). The normalized spacial score (nSPS) is 11.2. The summed E-state index contributed by atoms with van der Waals surface area (Å²) in [5.74, 6) is 0. The van der Waals surface area contributed by atoms with Crippen LogP contribution in [0.4, 0.5) is 0 Å². The molecule has 0 fully saturated rings. The first-order valence-corrected chi connectivity index (χ1v) is 6.01. The summed E-state index contributed by atoms with van der Waals surface area (Å²) < 4.78 is 2.86. The number of aryl methyl sites for hydroxylation is 1. The van der Waals surface area contributed by atoms with Crippen LogP contribution in [0.5, 0.6) is 0 Å². The molecule has 0 atom stereocenters. The first-order valence-electron chi connectivity index (χ1n) is 5.22. The maximum absolute atomic E-state index is 11.0. The lowest BCUT2D eigenvalue weighted by Crippen LogP contribution is -1.95. The summed E-state index contributed by atoms with van der Waals surface area (Å²) in [5.41, 5.74) is 3.52. The smallest absolute Gasteiger partial charge is 0.168 e. The first-order chi connectivity index (χ1) is 8.20. The molecule has 1 aromatic carbocycles. The number of benzene rings is 1. The lowest BCUT2D eigenvalue weighted by Gasteiger charge is -2.07. The van der Waals surface area contributed by atoms with Gasteiger partial charge in [0.15, 0.2) is 6.29 Å².